The third-order valence-corrected chi connectivity index (χ3v) is 1.24. The van der Waals surface area contributed by atoms with E-state index in [0.29, 0.717) is 4.48 Å². The van der Waals surface area contributed by atoms with Gasteiger partial charge in [-0.05, 0) is 20.3 Å². The molecule has 0 amide bonds. The van der Waals surface area contributed by atoms with Crippen molar-refractivity contribution in [2.24, 2.45) is 0 Å². The molecule has 0 aromatic rings. The monoisotopic (exact) mass is 197 g/mol. The van der Waals surface area contributed by atoms with Gasteiger partial charge >= 0.3 is 0 Å². The molecule has 0 aromatic heterocycles. The number of rotatable bonds is 2. The highest BCUT2D eigenvalue weighted by Crippen LogP contribution is 2.20. The Morgan fingerprint density at radius 2 is 1.67 bits per heavy atom. The first-order valence-electron chi connectivity index (χ1n) is 3.81. The first-order valence-corrected chi connectivity index (χ1v) is 6.33. The summed E-state index contributed by atoms with van der Waals surface area (Å²) in [5.74, 6) is 0. The smallest absolute Gasteiger partial charge is 0.179 e. The normalized spacial score (nSPS) is 11.9. The van der Waals surface area contributed by atoms with Crippen molar-refractivity contribution in [2.75, 3.05) is 40.7 Å². The van der Waals surface area contributed by atoms with Gasteiger partial charge in [-0.3, -0.25) is 0 Å². The van der Waals surface area contributed by atoms with Gasteiger partial charge < -0.3 is 19.0 Å². The number of quaternary nitrogens is 1. The number of aliphatic hydroxyl groups is 1. The highest BCUT2D eigenvalue weighted by atomic mass is 31.2. The molecule has 0 bridgehead atoms. The van der Waals surface area contributed by atoms with Crippen LogP contribution in [0.15, 0.2) is 0 Å². The minimum Gasteiger partial charge on any atom is -0.800 e. The summed E-state index contributed by atoms with van der Waals surface area (Å²) in [6, 6.07) is 0. The predicted molar refractivity (Wildman–Crippen MR) is 49.2 cm³/mol. The van der Waals surface area contributed by atoms with E-state index >= 15 is 0 Å². The number of hydrogen-bond acceptors (Lipinski definition) is 3. The molecule has 4 nitrogen and oxygen atoms in total. The van der Waals surface area contributed by atoms with Crippen molar-refractivity contribution in [3.05, 3.63) is 0 Å². The van der Waals surface area contributed by atoms with E-state index in [4.69, 9.17) is 5.11 Å². The highest BCUT2D eigenvalue weighted by Gasteiger charge is 2.06. The van der Waals surface area contributed by atoms with Crippen LogP contribution < -0.4 is 4.89 Å². The molecule has 5 heteroatoms. The summed E-state index contributed by atoms with van der Waals surface area (Å²) in [7, 11) is 1.08. The molecule has 0 aliphatic carbocycles. The van der Waals surface area contributed by atoms with Crippen molar-refractivity contribution in [1.29, 1.82) is 0 Å². The Labute approximate surface area is 74.9 Å². The molecule has 0 atom stereocenters. The van der Waals surface area contributed by atoms with E-state index in [-0.39, 0.29) is 6.73 Å². The molecule has 0 spiro atoms. The van der Waals surface area contributed by atoms with Crippen LogP contribution in [0.25, 0.3) is 0 Å². The Balaban J connectivity index is 0. The number of hydrogen-bond donors (Lipinski definition) is 1. The maximum Gasteiger partial charge on any atom is 0.179 e. The molecule has 12 heavy (non-hydrogen) atoms. The molecule has 0 saturated carbocycles. The van der Waals surface area contributed by atoms with E-state index in [1.807, 2.05) is 14.1 Å². The largest absolute Gasteiger partial charge is 0.800 e. The molecular weight excluding hydrogens is 177 g/mol. The van der Waals surface area contributed by atoms with Crippen LogP contribution in [0.2, 0.25) is 0 Å². The van der Waals surface area contributed by atoms with E-state index in [9.17, 15) is 9.46 Å². The van der Waals surface area contributed by atoms with E-state index < -0.39 is 7.37 Å². The Morgan fingerprint density at radius 3 is 1.67 bits per heavy atom. The topological polar surface area (TPSA) is 60.4 Å². The first-order chi connectivity index (χ1) is 5.12. The standard InChI is InChI=1S/C5H14NO.C2H7O2P/c1-4-6(2,3)5-7;1-5(2,3)4/h7H,4-5H2,1-3H3;1-2H3,(H,3,4)/q+1;/p-1. The second-order valence-electron chi connectivity index (χ2n) is 3.65. The predicted octanol–water partition coefficient (Wildman–Crippen LogP) is -0.0831. The van der Waals surface area contributed by atoms with Gasteiger partial charge in [-0.2, -0.15) is 0 Å². The first kappa shape index (κ1) is 14.6. The van der Waals surface area contributed by atoms with Crippen LogP contribution in [-0.4, -0.2) is 50.3 Å². The lowest BCUT2D eigenvalue weighted by Gasteiger charge is -2.24. The molecule has 0 unspecified atom stereocenters. The summed E-state index contributed by atoms with van der Waals surface area (Å²) in [5.41, 5.74) is 0. The lowest BCUT2D eigenvalue weighted by atomic mass is 10.6. The van der Waals surface area contributed by atoms with Crippen molar-refractivity contribution >= 4 is 7.37 Å². The molecule has 0 saturated heterocycles. The van der Waals surface area contributed by atoms with E-state index in [2.05, 4.69) is 6.92 Å². The third-order valence-electron chi connectivity index (χ3n) is 1.24. The summed E-state index contributed by atoms with van der Waals surface area (Å²) in [5, 5.41) is 8.57. The van der Waals surface area contributed by atoms with E-state index in [0.717, 1.165) is 6.54 Å². The third kappa shape index (κ3) is 22.5. The summed E-state index contributed by atoms with van der Waals surface area (Å²) in [6.45, 7) is 5.64. The van der Waals surface area contributed by atoms with Crippen LogP contribution in [0.4, 0.5) is 0 Å². The Kier molecular flexibility index (Phi) is 6.95. The molecule has 76 valence electrons. The minimum atomic E-state index is -2.89. The van der Waals surface area contributed by atoms with Crippen LogP contribution in [0.1, 0.15) is 6.92 Å². The quantitative estimate of drug-likeness (QED) is 0.382. The maximum absolute atomic E-state index is 9.66. The van der Waals surface area contributed by atoms with Gasteiger partial charge in [-0.25, -0.2) is 0 Å². The fraction of sp³-hybridized carbons (Fsp3) is 1.00. The van der Waals surface area contributed by atoms with Gasteiger partial charge in [0.2, 0.25) is 0 Å². The van der Waals surface area contributed by atoms with Crippen molar-refractivity contribution in [3.63, 3.8) is 0 Å². The Bertz CT molecular complexity index is 138. The summed E-state index contributed by atoms with van der Waals surface area (Å²) in [4.78, 5) is 9.66. The van der Waals surface area contributed by atoms with Gasteiger partial charge in [-0.1, -0.05) is 0 Å². The zero-order valence-electron chi connectivity index (χ0n) is 8.57. The van der Waals surface area contributed by atoms with E-state index in [1.54, 1.807) is 0 Å². The molecular formula is C7H20NO3P. The average Bonchev–Trinajstić information content (AvgIpc) is 1.85. The zero-order valence-corrected chi connectivity index (χ0v) is 9.47. The van der Waals surface area contributed by atoms with Gasteiger partial charge in [0.15, 0.2) is 6.73 Å². The SMILES string of the molecule is CC[N+](C)(C)CO.CP(C)(=O)[O-]. The van der Waals surface area contributed by atoms with E-state index in [1.165, 1.54) is 13.3 Å². The lowest BCUT2D eigenvalue weighted by molar-refractivity contribution is -0.907. The summed E-state index contributed by atoms with van der Waals surface area (Å²) < 4.78 is 10.4. The number of nitrogens with zero attached hydrogens (tertiary/aromatic N) is 1. The van der Waals surface area contributed by atoms with Crippen LogP contribution in [0.5, 0.6) is 0 Å². The van der Waals surface area contributed by atoms with Crippen LogP contribution in [0.3, 0.4) is 0 Å². The maximum atomic E-state index is 9.66. The van der Waals surface area contributed by atoms with Gasteiger partial charge in [-0.15, -0.1) is 0 Å². The van der Waals surface area contributed by atoms with Gasteiger partial charge in [0.25, 0.3) is 0 Å². The molecule has 0 rings (SSSR count). The number of aliphatic hydroxyl groups excluding tert-OH is 1. The van der Waals surface area contributed by atoms with Crippen molar-refractivity contribution in [3.8, 4) is 0 Å². The average molecular weight is 197 g/mol. The second-order valence-corrected chi connectivity index (χ2v) is 6.15. The van der Waals surface area contributed by atoms with Gasteiger partial charge in [0, 0.05) is 7.37 Å². The van der Waals surface area contributed by atoms with Crippen molar-refractivity contribution in [1.82, 2.24) is 0 Å². The zero-order chi connectivity index (χ0) is 10.4. The fourth-order valence-electron chi connectivity index (χ4n) is 0.1000. The molecule has 0 heterocycles. The summed E-state index contributed by atoms with van der Waals surface area (Å²) >= 11 is 0. The van der Waals surface area contributed by atoms with Crippen molar-refractivity contribution in [2.45, 2.75) is 6.92 Å². The summed E-state index contributed by atoms with van der Waals surface area (Å²) in [6.07, 6.45) is 0. The van der Waals surface area contributed by atoms with Gasteiger partial charge in [0.05, 0.1) is 20.6 Å². The van der Waals surface area contributed by atoms with Crippen LogP contribution in [-0.2, 0) is 4.57 Å². The molecule has 0 aromatic carbocycles. The molecule has 0 radical (unpaired) electrons. The highest BCUT2D eigenvalue weighted by molar-refractivity contribution is 7.54. The molecule has 0 aliphatic rings. The minimum absolute atomic E-state index is 0.233. The van der Waals surface area contributed by atoms with Crippen LogP contribution in [0, 0.1) is 0 Å². The molecule has 0 fully saturated rings. The Hall–Kier alpha value is 0.110. The van der Waals surface area contributed by atoms with Gasteiger partial charge in [0.1, 0.15) is 0 Å². The molecule has 1 N–H and O–H groups in total. The fourth-order valence-corrected chi connectivity index (χ4v) is 0.1000. The van der Waals surface area contributed by atoms with Crippen molar-refractivity contribution < 1.29 is 19.0 Å². The Morgan fingerprint density at radius 1 is 1.42 bits per heavy atom. The van der Waals surface area contributed by atoms with Crippen LogP contribution >= 0.6 is 7.37 Å². The molecule has 0 aliphatic heterocycles. The second kappa shape index (κ2) is 5.70. The lowest BCUT2D eigenvalue weighted by Crippen LogP contribution is -2.39.